The highest BCUT2D eigenvalue weighted by Gasteiger charge is 2.25. The summed E-state index contributed by atoms with van der Waals surface area (Å²) in [7, 11) is 0. The molecule has 1 heterocycles. The van der Waals surface area contributed by atoms with Gasteiger partial charge in [-0.25, -0.2) is 4.79 Å². The quantitative estimate of drug-likeness (QED) is 0.821. The molecule has 0 saturated heterocycles. The summed E-state index contributed by atoms with van der Waals surface area (Å²) in [5.74, 6) is 0. The Bertz CT molecular complexity index is 513. The Morgan fingerprint density at radius 1 is 1.35 bits per heavy atom. The van der Waals surface area contributed by atoms with Crippen LogP contribution >= 0.6 is 22.9 Å². The number of rotatable bonds is 5. The van der Waals surface area contributed by atoms with Gasteiger partial charge in [0.15, 0.2) is 0 Å². The predicted molar refractivity (Wildman–Crippen MR) is 96.4 cm³/mol. The van der Waals surface area contributed by atoms with Crippen molar-refractivity contribution in [2.45, 2.75) is 70.6 Å². The van der Waals surface area contributed by atoms with Crippen LogP contribution in [0.15, 0.2) is 12.1 Å². The summed E-state index contributed by atoms with van der Waals surface area (Å²) in [5.41, 5.74) is -0.446. The van der Waals surface area contributed by atoms with E-state index in [4.69, 9.17) is 16.3 Å². The van der Waals surface area contributed by atoms with E-state index < -0.39 is 5.60 Å². The van der Waals surface area contributed by atoms with Crippen molar-refractivity contribution in [3.05, 3.63) is 21.3 Å². The standard InChI is InChI=1S/C17H27ClN2O2S/c1-17(2,3)22-16(21)20-13-6-4-5-12(11-13)19-10-9-14-7-8-15(18)23-14/h7-8,12-13,19H,4-6,9-11H2,1-3H3,(H,20,21). The molecule has 0 bridgehead atoms. The highest BCUT2D eigenvalue weighted by atomic mass is 35.5. The van der Waals surface area contributed by atoms with Crippen LogP contribution in [0, 0.1) is 0 Å². The minimum absolute atomic E-state index is 0.201. The fourth-order valence-corrected chi connectivity index (χ4v) is 3.95. The third-order valence-electron chi connectivity index (χ3n) is 3.83. The van der Waals surface area contributed by atoms with Gasteiger partial charge in [0.2, 0.25) is 0 Å². The molecule has 4 nitrogen and oxygen atoms in total. The van der Waals surface area contributed by atoms with Crippen molar-refractivity contribution < 1.29 is 9.53 Å². The maximum absolute atomic E-state index is 11.9. The topological polar surface area (TPSA) is 50.4 Å². The second-order valence-corrected chi connectivity index (χ2v) is 8.92. The first-order chi connectivity index (χ1) is 10.8. The minimum Gasteiger partial charge on any atom is -0.444 e. The molecule has 23 heavy (non-hydrogen) atoms. The van der Waals surface area contributed by atoms with Gasteiger partial charge in [-0.2, -0.15) is 0 Å². The molecule has 6 heteroatoms. The third-order valence-corrected chi connectivity index (χ3v) is 5.12. The van der Waals surface area contributed by atoms with Gasteiger partial charge in [-0.1, -0.05) is 11.6 Å². The van der Waals surface area contributed by atoms with E-state index in [1.54, 1.807) is 11.3 Å². The predicted octanol–water partition coefficient (Wildman–Crippen LogP) is 4.37. The first-order valence-electron chi connectivity index (χ1n) is 8.29. The Morgan fingerprint density at radius 3 is 2.74 bits per heavy atom. The number of carbonyl (C=O) groups excluding carboxylic acids is 1. The molecule has 0 spiro atoms. The third kappa shape index (κ3) is 7.10. The zero-order chi connectivity index (χ0) is 16.9. The summed E-state index contributed by atoms with van der Waals surface area (Å²) < 4.78 is 6.18. The maximum Gasteiger partial charge on any atom is 0.407 e. The maximum atomic E-state index is 11.9. The second-order valence-electron chi connectivity index (χ2n) is 7.12. The van der Waals surface area contributed by atoms with Crippen LogP contribution < -0.4 is 10.6 Å². The molecule has 1 aliphatic rings. The highest BCUT2D eigenvalue weighted by molar-refractivity contribution is 7.16. The van der Waals surface area contributed by atoms with Gasteiger partial charge in [-0.15, -0.1) is 11.3 Å². The summed E-state index contributed by atoms with van der Waals surface area (Å²) >= 11 is 7.59. The number of ether oxygens (including phenoxy) is 1. The second kappa shape index (κ2) is 8.36. The first-order valence-corrected chi connectivity index (χ1v) is 9.48. The Kier molecular flexibility index (Phi) is 6.74. The van der Waals surface area contributed by atoms with Gasteiger partial charge >= 0.3 is 6.09 Å². The lowest BCUT2D eigenvalue weighted by Crippen LogP contribution is -2.45. The number of amides is 1. The van der Waals surface area contributed by atoms with Gasteiger partial charge in [0.25, 0.3) is 0 Å². The fraction of sp³-hybridized carbons (Fsp3) is 0.706. The fourth-order valence-electron chi connectivity index (χ4n) is 2.87. The van der Waals surface area contributed by atoms with E-state index in [1.807, 2.05) is 26.8 Å². The molecule has 1 amide bonds. The molecular weight excluding hydrogens is 332 g/mol. The Labute approximate surface area is 147 Å². The molecule has 2 atom stereocenters. The molecule has 0 aromatic carbocycles. The van der Waals surface area contributed by atoms with E-state index in [2.05, 4.69) is 16.7 Å². The number of hydrogen-bond donors (Lipinski definition) is 2. The number of carbonyl (C=O) groups is 1. The molecule has 1 saturated carbocycles. The van der Waals surface area contributed by atoms with Crippen LogP contribution in [0.3, 0.4) is 0 Å². The van der Waals surface area contributed by atoms with Crippen LogP contribution in [-0.2, 0) is 11.2 Å². The normalized spacial score (nSPS) is 21.9. The number of thiophene rings is 1. The van der Waals surface area contributed by atoms with Gasteiger partial charge in [0, 0.05) is 23.5 Å². The Hall–Kier alpha value is -0.780. The lowest BCUT2D eigenvalue weighted by molar-refractivity contribution is 0.0489. The van der Waals surface area contributed by atoms with Gasteiger partial charge in [-0.3, -0.25) is 0 Å². The van der Waals surface area contributed by atoms with Crippen molar-refractivity contribution >= 4 is 29.0 Å². The molecule has 0 aliphatic heterocycles. The lowest BCUT2D eigenvalue weighted by Gasteiger charge is -2.31. The summed E-state index contributed by atoms with van der Waals surface area (Å²) in [6.07, 6.45) is 4.97. The smallest absolute Gasteiger partial charge is 0.407 e. The summed E-state index contributed by atoms with van der Waals surface area (Å²) in [6, 6.07) is 4.69. The number of alkyl carbamates (subject to hydrolysis) is 1. The van der Waals surface area contributed by atoms with Gasteiger partial charge < -0.3 is 15.4 Å². The number of nitrogens with one attached hydrogen (secondary N) is 2. The van der Waals surface area contributed by atoms with E-state index in [9.17, 15) is 4.79 Å². The average molecular weight is 359 g/mol. The van der Waals surface area contributed by atoms with Crippen molar-refractivity contribution in [3.63, 3.8) is 0 Å². The molecule has 1 fully saturated rings. The zero-order valence-electron chi connectivity index (χ0n) is 14.2. The largest absolute Gasteiger partial charge is 0.444 e. The molecule has 2 N–H and O–H groups in total. The summed E-state index contributed by atoms with van der Waals surface area (Å²) in [5, 5.41) is 6.60. The van der Waals surface area contributed by atoms with Crippen LogP contribution in [0.25, 0.3) is 0 Å². The Morgan fingerprint density at radius 2 is 2.09 bits per heavy atom. The van der Waals surface area contributed by atoms with Crippen LogP contribution in [0.1, 0.15) is 51.3 Å². The zero-order valence-corrected chi connectivity index (χ0v) is 15.7. The van der Waals surface area contributed by atoms with Crippen LogP contribution in [0.4, 0.5) is 4.79 Å². The van der Waals surface area contributed by atoms with Gasteiger partial charge in [0.1, 0.15) is 5.60 Å². The molecule has 2 rings (SSSR count). The van der Waals surface area contributed by atoms with Crippen LogP contribution in [0.2, 0.25) is 4.34 Å². The van der Waals surface area contributed by atoms with E-state index >= 15 is 0 Å². The van der Waals surface area contributed by atoms with Crippen molar-refractivity contribution in [3.8, 4) is 0 Å². The van der Waals surface area contributed by atoms with Crippen molar-refractivity contribution in [1.29, 1.82) is 0 Å². The van der Waals surface area contributed by atoms with Crippen LogP contribution in [-0.4, -0.2) is 30.3 Å². The number of hydrogen-bond acceptors (Lipinski definition) is 4. The monoisotopic (exact) mass is 358 g/mol. The van der Waals surface area contributed by atoms with E-state index in [0.29, 0.717) is 6.04 Å². The minimum atomic E-state index is -0.446. The van der Waals surface area contributed by atoms with Gasteiger partial charge in [0.05, 0.1) is 4.34 Å². The van der Waals surface area contributed by atoms with E-state index in [-0.39, 0.29) is 12.1 Å². The van der Waals surface area contributed by atoms with Crippen molar-refractivity contribution in [2.75, 3.05) is 6.54 Å². The summed E-state index contributed by atoms with van der Waals surface area (Å²) in [4.78, 5) is 13.2. The first kappa shape index (κ1) is 18.6. The Balaban J connectivity index is 1.69. The molecule has 1 aromatic heterocycles. The molecule has 130 valence electrons. The van der Waals surface area contributed by atoms with Crippen molar-refractivity contribution in [1.82, 2.24) is 10.6 Å². The van der Waals surface area contributed by atoms with E-state index in [0.717, 1.165) is 43.0 Å². The van der Waals surface area contributed by atoms with Crippen molar-refractivity contribution in [2.24, 2.45) is 0 Å². The molecule has 1 aliphatic carbocycles. The SMILES string of the molecule is CC(C)(C)OC(=O)NC1CCCC(NCCc2ccc(Cl)s2)C1. The molecule has 0 radical (unpaired) electrons. The molecule has 1 aromatic rings. The van der Waals surface area contributed by atoms with E-state index in [1.165, 1.54) is 4.88 Å². The van der Waals surface area contributed by atoms with Crippen LogP contribution in [0.5, 0.6) is 0 Å². The number of halogens is 1. The average Bonchev–Trinajstić information content (AvgIpc) is 2.82. The summed E-state index contributed by atoms with van der Waals surface area (Å²) in [6.45, 7) is 6.60. The van der Waals surface area contributed by atoms with Gasteiger partial charge in [-0.05, 0) is 65.0 Å². The highest BCUT2D eigenvalue weighted by Crippen LogP contribution is 2.22. The molecule has 2 unspecified atom stereocenters. The molecular formula is C17H27ClN2O2S. The lowest BCUT2D eigenvalue weighted by atomic mass is 9.91.